The summed E-state index contributed by atoms with van der Waals surface area (Å²) in [4.78, 5) is 5.07. The predicted octanol–water partition coefficient (Wildman–Crippen LogP) is 1.35. The first-order valence-electron chi connectivity index (χ1n) is 5.22. The number of aliphatic imine (C=N–C) groups is 1. The third-order valence-electron chi connectivity index (χ3n) is 3.44. The van der Waals surface area contributed by atoms with Crippen molar-refractivity contribution in [2.75, 3.05) is 0 Å². The lowest BCUT2D eigenvalue weighted by Gasteiger charge is -2.22. The van der Waals surface area contributed by atoms with Gasteiger partial charge in [-0.2, -0.15) is 0 Å². The molecule has 14 heavy (non-hydrogen) atoms. The molecule has 2 bridgehead atoms. The third kappa shape index (κ3) is 1.90. The summed E-state index contributed by atoms with van der Waals surface area (Å²) in [6.07, 6.45) is 6.76. The van der Waals surface area contributed by atoms with Crippen LogP contribution in [0.25, 0.3) is 0 Å². The molecule has 0 radical (unpaired) electrons. The second-order valence-electron chi connectivity index (χ2n) is 4.62. The number of fused-ring (bicyclic) bond motifs is 2. The molecule has 0 aromatic carbocycles. The van der Waals surface area contributed by atoms with Crippen molar-refractivity contribution in [2.24, 2.45) is 22.4 Å². The Labute approximate surface area is 89.9 Å². The number of hydrogen-bond acceptors (Lipinski definition) is 2. The van der Waals surface area contributed by atoms with Gasteiger partial charge in [0, 0.05) is 0 Å². The number of nitrogens with two attached hydrogens (primary N) is 2. The number of hydrogen-bond donors (Lipinski definition) is 2. The molecule has 2 fully saturated rings. The first-order chi connectivity index (χ1) is 6.60. The number of rotatable bonds is 3. The number of amidine groups is 1. The van der Waals surface area contributed by atoms with Crippen molar-refractivity contribution in [3.63, 3.8) is 0 Å². The molecule has 0 aromatic rings. The molecule has 0 unspecified atom stereocenters. The quantitative estimate of drug-likeness (QED) is 0.421. The van der Waals surface area contributed by atoms with Gasteiger partial charge in [0.1, 0.15) is 5.84 Å². The predicted molar refractivity (Wildman–Crippen MR) is 62.3 cm³/mol. The normalized spacial score (nSPS) is 36.3. The van der Waals surface area contributed by atoms with Crippen LogP contribution in [0.4, 0.5) is 0 Å². The van der Waals surface area contributed by atoms with Gasteiger partial charge in [0.2, 0.25) is 0 Å². The van der Waals surface area contributed by atoms with Crippen molar-refractivity contribution >= 4 is 23.0 Å². The minimum Gasteiger partial charge on any atom is -0.393 e. The van der Waals surface area contributed by atoms with Gasteiger partial charge in [0.25, 0.3) is 0 Å². The Kier molecular flexibility index (Phi) is 2.47. The fourth-order valence-electron chi connectivity index (χ4n) is 2.84. The smallest absolute Gasteiger partial charge is 0.101 e. The summed E-state index contributed by atoms with van der Waals surface area (Å²) in [6.45, 7) is 0. The van der Waals surface area contributed by atoms with Gasteiger partial charge in [-0.3, -0.25) is 4.99 Å². The summed E-state index contributed by atoms with van der Waals surface area (Å²) >= 11 is 4.81. The monoisotopic (exact) mass is 211 g/mol. The Balaban J connectivity index is 2.04. The maximum Gasteiger partial charge on any atom is 0.101 e. The topological polar surface area (TPSA) is 64.4 Å². The van der Waals surface area contributed by atoms with E-state index >= 15 is 0 Å². The van der Waals surface area contributed by atoms with Crippen LogP contribution in [0.15, 0.2) is 4.99 Å². The molecule has 0 heterocycles. The Morgan fingerprint density at radius 3 is 2.43 bits per heavy atom. The summed E-state index contributed by atoms with van der Waals surface area (Å²) < 4.78 is 0. The second kappa shape index (κ2) is 3.50. The molecule has 0 saturated heterocycles. The maximum atomic E-state index is 5.82. The van der Waals surface area contributed by atoms with Gasteiger partial charge in [0.15, 0.2) is 0 Å². The van der Waals surface area contributed by atoms with Gasteiger partial charge in [-0.05, 0) is 38.0 Å². The zero-order valence-electron chi connectivity index (χ0n) is 8.33. The van der Waals surface area contributed by atoms with E-state index in [0.29, 0.717) is 17.2 Å². The second-order valence-corrected chi connectivity index (χ2v) is 5.14. The summed E-state index contributed by atoms with van der Waals surface area (Å²) in [5.41, 5.74) is 11.4. The standard InChI is InChI=1S/C10H17N3S/c11-8(5-9(12)14)13-10-3-1-7(6-10)2-4-10/h7H,1-6H2,(H2,11,13)(H2,12,14). The highest BCUT2D eigenvalue weighted by Crippen LogP contribution is 2.50. The van der Waals surface area contributed by atoms with Crippen molar-refractivity contribution in [1.29, 1.82) is 0 Å². The van der Waals surface area contributed by atoms with Crippen molar-refractivity contribution in [2.45, 2.75) is 44.1 Å². The van der Waals surface area contributed by atoms with E-state index < -0.39 is 0 Å². The van der Waals surface area contributed by atoms with Gasteiger partial charge < -0.3 is 11.5 Å². The van der Waals surface area contributed by atoms with Gasteiger partial charge in [-0.15, -0.1) is 0 Å². The van der Waals surface area contributed by atoms with Crippen LogP contribution in [-0.4, -0.2) is 16.4 Å². The molecule has 0 aromatic heterocycles. The van der Waals surface area contributed by atoms with Gasteiger partial charge in [-0.25, -0.2) is 0 Å². The maximum absolute atomic E-state index is 5.82. The minimum atomic E-state index is 0.166. The molecule has 0 atom stereocenters. The molecule has 2 rings (SSSR count). The molecule has 78 valence electrons. The average Bonchev–Trinajstić information content (AvgIpc) is 2.60. The molecule has 4 heteroatoms. The molecular formula is C10H17N3S. The minimum absolute atomic E-state index is 0.166. The lowest BCUT2D eigenvalue weighted by atomic mass is 9.94. The SMILES string of the molecule is NC(=S)CC(N)=NC12CCC(CC1)C2. The van der Waals surface area contributed by atoms with E-state index in [1.54, 1.807) is 0 Å². The van der Waals surface area contributed by atoms with Crippen LogP contribution in [0.2, 0.25) is 0 Å². The van der Waals surface area contributed by atoms with Crippen molar-refractivity contribution in [1.82, 2.24) is 0 Å². The molecule has 2 aliphatic carbocycles. The van der Waals surface area contributed by atoms with Crippen molar-refractivity contribution in [3.8, 4) is 0 Å². The highest BCUT2D eigenvalue weighted by molar-refractivity contribution is 7.80. The van der Waals surface area contributed by atoms with E-state index in [4.69, 9.17) is 23.7 Å². The van der Waals surface area contributed by atoms with Gasteiger partial charge >= 0.3 is 0 Å². The molecule has 2 aliphatic rings. The lowest BCUT2D eigenvalue weighted by Crippen LogP contribution is -2.28. The molecule has 0 amide bonds. The highest BCUT2D eigenvalue weighted by Gasteiger charge is 2.44. The van der Waals surface area contributed by atoms with Crippen molar-refractivity contribution < 1.29 is 0 Å². The molecule has 4 N–H and O–H groups in total. The summed E-state index contributed by atoms with van der Waals surface area (Å²) in [5, 5.41) is 0. The summed E-state index contributed by atoms with van der Waals surface area (Å²) in [6, 6.07) is 0. The Morgan fingerprint density at radius 2 is 2.00 bits per heavy atom. The van der Waals surface area contributed by atoms with Crippen LogP contribution in [-0.2, 0) is 0 Å². The zero-order chi connectivity index (χ0) is 10.2. The van der Waals surface area contributed by atoms with Crippen LogP contribution in [0.5, 0.6) is 0 Å². The van der Waals surface area contributed by atoms with Crippen molar-refractivity contribution in [3.05, 3.63) is 0 Å². The summed E-state index contributed by atoms with van der Waals surface area (Å²) in [7, 11) is 0. The van der Waals surface area contributed by atoms with Crippen LogP contribution in [0, 0.1) is 5.92 Å². The molecule has 0 aliphatic heterocycles. The Bertz CT molecular complexity index is 277. The fourth-order valence-corrected chi connectivity index (χ4v) is 2.99. The average molecular weight is 211 g/mol. The first kappa shape index (κ1) is 9.90. The molecule has 0 spiro atoms. The lowest BCUT2D eigenvalue weighted by molar-refractivity contribution is 0.421. The fraction of sp³-hybridized carbons (Fsp3) is 0.800. The molecule has 3 nitrogen and oxygen atoms in total. The molecule has 2 saturated carbocycles. The van der Waals surface area contributed by atoms with E-state index in [0.717, 1.165) is 5.92 Å². The zero-order valence-corrected chi connectivity index (χ0v) is 9.15. The van der Waals surface area contributed by atoms with Crippen LogP contribution < -0.4 is 11.5 Å². The van der Waals surface area contributed by atoms with Crippen LogP contribution in [0.1, 0.15) is 38.5 Å². The highest BCUT2D eigenvalue weighted by atomic mass is 32.1. The van der Waals surface area contributed by atoms with Gasteiger partial charge in [-0.1, -0.05) is 12.2 Å². The Hall–Kier alpha value is -0.640. The van der Waals surface area contributed by atoms with E-state index in [9.17, 15) is 0 Å². The van der Waals surface area contributed by atoms with Crippen LogP contribution in [0.3, 0.4) is 0 Å². The van der Waals surface area contributed by atoms with Crippen LogP contribution >= 0.6 is 12.2 Å². The van der Waals surface area contributed by atoms with E-state index in [2.05, 4.69) is 4.99 Å². The Morgan fingerprint density at radius 1 is 1.36 bits per heavy atom. The van der Waals surface area contributed by atoms with E-state index in [1.165, 1.54) is 32.1 Å². The summed E-state index contributed by atoms with van der Waals surface area (Å²) in [5.74, 6) is 1.52. The number of nitrogens with zero attached hydrogens (tertiary/aromatic N) is 1. The number of thiocarbonyl (C=S) groups is 1. The van der Waals surface area contributed by atoms with E-state index in [-0.39, 0.29) is 5.54 Å². The van der Waals surface area contributed by atoms with Gasteiger partial charge in [0.05, 0.1) is 16.9 Å². The molecular weight excluding hydrogens is 194 g/mol. The third-order valence-corrected chi connectivity index (χ3v) is 3.58. The largest absolute Gasteiger partial charge is 0.393 e. The first-order valence-corrected chi connectivity index (χ1v) is 5.63. The van der Waals surface area contributed by atoms with E-state index in [1.807, 2.05) is 0 Å².